The van der Waals surface area contributed by atoms with Crippen LogP contribution in [0.15, 0.2) is 29.4 Å². The number of methoxy groups -OCH3 is 1. The zero-order valence-electron chi connectivity index (χ0n) is 16.1. The van der Waals surface area contributed by atoms with Crippen molar-refractivity contribution in [3.8, 4) is 11.4 Å². The minimum Gasteiger partial charge on any atom is -0.467 e. The summed E-state index contributed by atoms with van der Waals surface area (Å²) in [6.07, 6.45) is 1.74. The summed E-state index contributed by atoms with van der Waals surface area (Å²) in [5.41, 5.74) is 2.20. The maximum atomic E-state index is 12.2. The van der Waals surface area contributed by atoms with Crippen LogP contribution >= 0.6 is 11.8 Å². The third-order valence-corrected chi connectivity index (χ3v) is 5.26. The lowest BCUT2D eigenvalue weighted by Crippen LogP contribution is -2.46. The Hall–Kier alpha value is -2.35. The standard InChI is InChI=1S/C19H26N4O3S/c1-5-12(3)16(18(25)26-4)20-15(24)11-27-19-21-17(22-23-19)14-9-7-13(6-2)8-10-14/h7-10,12,16H,5-6,11H2,1-4H3,(H,20,24)(H,21,22,23)/t12-,16-/m0/s1. The van der Waals surface area contributed by atoms with E-state index in [1.165, 1.54) is 24.4 Å². The summed E-state index contributed by atoms with van der Waals surface area (Å²) in [6.45, 7) is 5.97. The molecule has 7 nitrogen and oxygen atoms in total. The highest BCUT2D eigenvalue weighted by Gasteiger charge is 2.26. The maximum absolute atomic E-state index is 12.2. The molecule has 0 radical (unpaired) electrons. The van der Waals surface area contributed by atoms with Crippen molar-refractivity contribution < 1.29 is 14.3 Å². The van der Waals surface area contributed by atoms with E-state index in [4.69, 9.17) is 4.74 Å². The molecule has 146 valence electrons. The summed E-state index contributed by atoms with van der Waals surface area (Å²) in [5, 5.41) is 10.3. The fourth-order valence-electron chi connectivity index (χ4n) is 2.48. The number of esters is 1. The predicted molar refractivity (Wildman–Crippen MR) is 105 cm³/mol. The number of nitrogens with one attached hydrogen (secondary N) is 2. The zero-order valence-corrected chi connectivity index (χ0v) is 16.9. The van der Waals surface area contributed by atoms with Gasteiger partial charge < -0.3 is 10.1 Å². The molecule has 8 heteroatoms. The molecule has 1 amide bonds. The van der Waals surface area contributed by atoms with Crippen molar-refractivity contribution in [1.82, 2.24) is 20.5 Å². The summed E-state index contributed by atoms with van der Waals surface area (Å²) in [4.78, 5) is 28.5. The molecule has 2 N–H and O–H groups in total. The molecule has 1 heterocycles. The van der Waals surface area contributed by atoms with Gasteiger partial charge in [0.05, 0.1) is 12.9 Å². The number of ether oxygens (including phenoxy) is 1. The number of aryl methyl sites for hydroxylation is 1. The molecule has 0 saturated heterocycles. The van der Waals surface area contributed by atoms with Crippen LogP contribution in [0.2, 0.25) is 0 Å². The summed E-state index contributed by atoms with van der Waals surface area (Å²) in [5.74, 6) is 0.0867. The van der Waals surface area contributed by atoms with Crippen molar-refractivity contribution in [3.63, 3.8) is 0 Å². The molecule has 0 spiro atoms. The number of nitrogens with zero attached hydrogens (tertiary/aromatic N) is 2. The van der Waals surface area contributed by atoms with E-state index in [2.05, 4.69) is 39.6 Å². The first-order valence-corrected chi connectivity index (χ1v) is 9.98. The summed E-state index contributed by atoms with van der Waals surface area (Å²) in [7, 11) is 1.32. The van der Waals surface area contributed by atoms with Crippen LogP contribution in [0.4, 0.5) is 0 Å². The molecule has 1 aromatic carbocycles. The van der Waals surface area contributed by atoms with Crippen LogP contribution in [0.1, 0.15) is 32.8 Å². The van der Waals surface area contributed by atoms with Gasteiger partial charge in [0.15, 0.2) is 5.82 Å². The summed E-state index contributed by atoms with van der Waals surface area (Å²) >= 11 is 1.21. The summed E-state index contributed by atoms with van der Waals surface area (Å²) in [6, 6.07) is 7.45. The van der Waals surface area contributed by atoms with Gasteiger partial charge in [0.2, 0.25) is 11.1 Å². The lowest BCUT2D eigenvalue weighted by molar-refractivity contribution is -0.146. The van der Waals surface area contributed by atoms with Gasteiger partial charge in [-0.3, -0.25) is 9.89 Å². The van der Waals surface area contributed by atoms with Gasteiger partial charge in [-0.2, -0.15) is 0 Å². The van der Waals surface area contributed by atoms with Gasteiger partial charge in [0.1, 0.15) is 6.04 Å². The number of carbonyl (C=O) groups is 2. The molecule has 0 fully saturated rings. The monoisotopic (exact) mass is 390 g/mol. The highest BCUT2D eigenvalue weighted by Crippen LogP contribution is 2.20. The zero-order chi connectivity index (χ0) is 19.8. The van der Waals surface area contributed by atoms with Gasteiger partial charge in [0, 0.05) is 5.56 Å². The topological polar surface area (TPSA) is 97.0 Å². The second-order valence-electron chi connectivity index (χ2n) is 6.26. The van der Waals surface area contributed by atoms with E-state index < -0.39 is 12.0 Å². The molecule has 0 unspecified atom stereocenters. The van der Waals surface area contributed by atoms with Crippen LogP contribution in [-0.4, -0.2) is 46.0 Å². The molecule has 2 atom stereocenters. The molecule has 0 aliphatic carbocycles. The SMILES string of the molecule is CCc1ccc(-c2nc(SCC(=O)N[C@H](C(=O)OC)[C@@H](C)CC)n[nH]2)cc1. The number of benzene rings is 1. The van der Waals surface area contributed by atoms with Gasteiger partial charge >= 0.3 is 5.97 Å². The van der Waals surface area contributed by atoms with E-state index in [1.807, 2.05) is 26.0 Å². The Kier molecular flexibility index (Phi) is 7.84. The molecule has 0 aliphatic rings. The van der Waals surface area contributed by atoms with E-state index in [1.54, 1.807) is 0 Å². The quantitative estimate of drug-likeness (QED) is 0.505. The van der Waals surface area contributed by atoms with Crippen molar-refractivity contribution >= 4 is 23.6 Å². The van der Waals surface area contributed by atoms with Gasteiger partial charge in [-0.1, -0.05) is 63.2 Å². The first-order chi connectivity index (χ1) is 13.0. The van der Waals surface area contributed by atoms with Gasteiger partial charge in [-0.05, 0) is 17.9 Å². The average molecular weight is 391 g/mol. The fourth-order valence-corrected chi connectivity index (χ4v) is 3.09. The molecular formula is C19H26N4O3S. The van der Waals surface area contributed by atoms with Gasteiger partial charge in [-0.15, -0.1) is 5.10 Å². The van der Waals surface area contributed by atoms with E-state index >= 15 is 0 Å². The molecular weight excluding hydrogens is 364 g/mol. The number of carbonyl (C=O) groups excluding carboxylic acids is 2. The van der Waals surface area contributed by atoms with E-state index in [-0.39, 0.29) is 17.6 Å². The van der Waals surface area contributed by atoms with Crippen LogP contribution in [0.25, 0.3) is 11.4 Å². The fraction of sp³-hybridized carbons (Fsp3) is 0.474. The lowest BCUT2D eigenvalue weighted by atomic mass is 9.99. The average Bonchev–Trinajstić information content (AvgIpc) is 3.18. The summed E-state index contributed by atoms with van der Waals surface area (Å²) < 4.78 is 4.78. The van der Waals surface area contributed by atoms with Crippen LogP contribution in [-0.2, 0) is 20.7 Å². The van der Waals surface area contributed by atoms with Crippen LogP contribution in [0.3, 0.4) is 0 Å². The van der Waals surface area contributed by atoms with Crippen LogP contribution in [0, 0.1) is 5.92 Å². The number of thioether (sulfide) groups is 1. The van der Waals surface area contributed by atoms with Crippen molar-refractivity contribution in [2.45, 2.75) is 44.8 Å². The third kappa shape index (κ3) is 5.82. The Morgan fingerprint density at radius 1 is 1.26 bits per heavy atom. The Balaban J connectivity index is 1.93. The minimum atomic E-state index is -0.645. The lowest BCUT2D eigenvalue weighted by Gasteiger charge is -2.21. The number of rotatable bonds is 9. The van der Waals surface area contributed by atoms with Crippen molar-refractivity contribution in [3.05, 3.63) is 29.8 Å². The molecule has 0 saturated carbocycles. The number of aromatic amines is 1. The molecule has 0 aliphatic heterocycles. The Morgan fingerprint density at radius 3 is 2.56 bits per heavy atom. The number of hydrogen-bond acceptors (Lipinski definition) is 6. The second-order valence-corrected chi connectivity index (χ2v) is 7.20. The predicted octanol–water partition coefficient (Wildman–Crippen LogP) is 2.83. The van der Waals surface area contributed by atoms with Crippen molar-refractivity contribution in [2.24, 2.45) is 5.92 Å². The van der Waals surface area contributed by atoms with Crippen molar-refractivity contribution in [1.29, 1.82) is 0 Å². The number of hydrogen-bond donors (Lipinski definition) is 2. The van der Waals surface area contributed by atoms with E-state index in [9.17, 15) is 9.59 Å². The van der Waals surface area contributed by atoms with Gasteiger partial charge in [-0.25, -0.2) is 9.78 Å². The van der Waals surface area contributed by atoms with Crippen molar-refractivity contribution in [2.75, 3.05) is 12.9 Å². The first-order valence-electron chi connectivity index (χ1n) is 9.00. The maximum Gasteiger partial charge on any atom is 0.328 e. The van der Waals surface area contributed by atoms with Crippen LogP contribution < -0.4 is 5.32 Å². The van der Waals surface area contributed by atoms with Gasteiger partial charge in [0.25, 0.3) is 0 Å². The number of H-pyrrole nitrogens is 1. The van der Waals surface area contributed by atoms with E-state index in [0.29, 0.717) is 11.0 Å². The molecule has 0 bridgehead atoms. The Bertz CT molecular complexity index is 761. The highest BCUT2D eigenvalue weighted by atomic mass is 32.2. The normalized spacial score (nSPS) is 13.0. The largest absolute Gasteiger partial charge is 0.467 e. The molecule has 2 rings (SSSR count). The molecule has 1 aromatic heterocycles. The number of aromatic nitrogens is 3. The van der Waals surface area contributed by atoms with Crippen LogP contribution in [0.5, 0.6) is 0 Å². The molecule has 2 aromatic rings. The van der Waals surface area contributed by atoms with E-state index in [0.717, 1.165) is 18.4 Å². The number of amides is 1. The smallest absolute Gasteiger partial charge is 0.328 e. The second kappa shape index (κ2) is 10.1. The Morgan fingerprint density at radius 2 is 1.96 bits per heavy atom. The first kappa shape index (κ1) is 21.0. The minimum absolute atomic E-state index is 0.00685. The Labute approximate surface area is 163 Å². The highest BCUT2D eigenvalue weighted by molar-refractivity contribution is 7.99. The third-order valence-electron chi connectivity index (χ3n) is 4.42. The molecule has 27 heavy (non-hydrogen) atoms.